The van der Waals surface area contributed by atoms with Crippen LogP contribution in [0.4, 0.5) is 5.69 Å². The van der Waals surface area contributed by atoms with E-state index in [2.05, 4.69) is 50.8 Å². The molecule has 21 heavy (non-hydrogen) atoms. The van der Waals surface area contributed by atoms with E-state index in [1.54, 1.807) is 0 Å². The SMILES string of the molecule is CCC[C@H](C(=O)O)N1c2c(C)cccc2[C@H](C)CC1(C)C. The fourth-order valence-electron chi connectivity index (χ4n) is 3.88. The topological polar surface area (TPSA) is 40.5 Å². The number of carbonyl (C=O) groups is 1. The fraction of sp³-hybridized carbons (Fsp3) is 0.611. The van der Waals surface area contributed by atoms with Gasteiger partial charge in [0, 0.05) is 11.2 Å². The van der Waals surface area contributed by atoms with Crippen LogP contribution in [0.1, 0.15) is 64.0 Å². The standard InChI is InChI=1S/C18H27NO2/c1-6-8-15(17(20)21)19-16-12(2)9-7-10-14(16)13(3)11-18(19,4)5/h7,9-10,13,15H,6,8,11H2,1-5H3,(H,20,21)/t13-,15-/m1/s1. The Morgan fingerprint density at radius 3 is 2.71 bits per heavy atom. The average Bonchev–Trinajstić information content (AvgIpc) is 2.37. The number of benzene rings is 1. The maximum atomic E-state index is 11.8. The van der Waals surface area contributed by atoms with Gasteiger partial charge in [0.15, 0.2) is 0 Å². The van der Waals surface area contributed by atoms with Crippen LogP contribution in [0, 0.1) is 6.92 Å². The van der Waals surface area contributed by atoms with Crippen molar-refractivity contribution in [2.75, 3.05) is 4.90 Å². The number of carboxylic acids is 1. The monoisotopic (exact) mass is 289 g/mol. The summed E-state index contributed by atoms with van der Waals surface area (Å²) in [5.74, 6) is -0.254. The minimum absolute atomic E-state index is 0.142. The van der Waals surface area contributed by atoms with E-state index in [4.69, 9.17) is 0 Å². The van der Waals surface area contributed by atoms with Crippen molar-refractivity contribution in [1.82, 2.24) is 0 Å². The smallest absolute Gasteiger partial charge is 0.326 e. The molecule has 1 aliphatic heterocycles. The first-order chi connectivity index (χ1) is 9.79. The normalized spacial score (nSPS) is 21.8. The first-order valence-electron chi connectivity index (χ1n) is 7.91. The second kappa shape index (κ2) is 5.70. The summed E-state index contributed by atoms with van der Waals surface area (Å²) < 4.78 is 0. The van der Waals surface area contributed by atoms with Crippen molar-refractivity contribution >= 4 is 11.7 Å². The van der Waals surface area contributed by atoms with Crippen LogP contribution in [0.25, 0.3) is 0 Å². The van der Waals surface area contributed by atoms with Crippen molar-refractivity contribution in [3.63, 3.8) is 0 Å². The second-order valence-electron chi connectivity index (χ2n) is 6.94. The van der Waals surface area contributed by atoms with Gasteiger partial charge in [-0.3, -0.25) is 0 Å². The van der Waals surface area contributed by atoms with Crippen LogP contribution in [-0.4, -0.2) is 22.7 Å². The molecule has 0 amide bonds. The van der Waals surface area contributed by atoms with Crippen molar-refractivity contribution in [2.24, 2.45) is 0 Å². The van der Waals surface area contributed by atoms with Gasteiger partial charge in [-0.2, -0.15) is 0 Å². The Hall–Kier alpha value is -1.51. The number of anilines is 1. The molecule has 0 spiro atoms. The van der Waals surface area contributed by atoms with Crippen molar-refractivity contribution in [2.45, 2.75) is 71.4 Å². The molecular formula is C18H27NO2. The number of rotatable bonds is 4. The van der Waals surface area contributed by atoms with E-state index in [-0.39, 0.29) is 5.54 Å². The molecule has 1 heterocycles. The molecule has 1 N–H and O–H groups in total. The van der Waals surface area contributed by atoms with E-state index in [0.717, 1.165) is 18.5 Å². The van der Waals surface area contributed by atoms with Crippen LogP contribution in [0.2, 0.25) is 0 Å². The largest absolute Gasteiger partial charge is 0.480 e. The Labute approximate surface area is 128 Å². The van der Waals surface area contributed by atoms with Gasteiger partial charge in [-0.25, -0.2) is 4.79 Å². The summed E-state index contributed by atoms with van der Waals surface area (Å²) in [6.07, 6.45) is 2.54. The maximum absolute atomic E-state index is 11.8. The summed E-state index contributed by atoms with van der Waals surface area (Å²) in [4.78, 5) is 14.0. The third-order valence-corrected chi connectivity index (χ3v) is 4.66. The molecule has 0 saturated heterocycles. The molecule has 0 radical (unpaired) electrons. The van der Waals surface area contributed by atoms with Crippen LogP contribution in [-0.2, 0) is 4.79 Å². The predicted octanol–water partition coefficient (Wildman–Crippen LogP) is 4.34. The number of nitrogens with zero attached hydrogens (tertiary/aromatic N) is 1. The Balaban J connectivity index is 2.62. The number of fused-ring (bicyclic) bond motifs is 1. The van der Waals surface area contributed by atoms with Crippen molar-refractivity contribution in [3.05, 3.63) is 29.3 Å². The summed E-state index contributed by atoms with van der Waals surface area (Å²) in [6, 6.07) is 5.87. The van der Waals surface area contributed by atoms with Gasteiger partial charge in [0.25, 0.3) is 0 Å². The molecule has 1 aromatic rings. The van der Waals surface area contributed by atoms with Gasteiger partial charge in [-0.15, -0.1) is 0 Å². The summed E-state index contributed by atoms with van der Waals surface area (Å²) in [5.41, 5.74) is 3.46. The molecule has 3 nitrogen and oxygen atoms in total. The van der Waals surface area contributed by atoms with Gasteiger partial charge in [-0.05, 0) is 50.7 Å². The van der Waals surface area contributed by atoms with Crippen molar-refractivity contribution in [1.29, 1.82) is 0 Å². The highest BCUT2D eigenvalue weighted by atomic mass is 16.4. The van der Waals surface area contributed by atoms with Gasteiger partial charge < -0.3 is 10.0 Å². The molecular weight excluding hydrogens is 262 g/mol. The quantitative estimate of drug-likeness (QED) is 0.896. The lowest BCUT2D eigenvalue weighted by Gasteiger charge is -2.50. The third kappa shape index (κ3) is 2.78. The fourth-order valence-corrected chi connectivity index (χ4v) is 3.88. The van der Waals surface area contributed by atoms with Crippen molar-refractivity contribution < 1.29 is 9.90 Å². The van der Waals surface area contributed by atoms with Crippen LogP contribution in [0.3, 0.4) is 0 Å². The predicted molar refractivity (Wildman–Crippen MR) is 87.1 cm³/mol. The molecule has 2 atom stereocenters. The van der Waals surface area contributed by atoms with Crippen molar-refractivity contribution in [3.8, 4) is 0 Å². The van der Waals surface area contributed by atoms with Gasteiger partial charge in [0.1, 0.15) is 6.04 Å². The zero-order chi connectivity index (χ0) is 15.8. The van der Waals surface area contributed by atoms with Crippen LogP contribution >= 0.6 is 0 Å². The molecule has 0 aliphatic carbocycles. The summed E-state index contributed by atoms with van der Waals surface area (Å²) in [5, 5.41) is 9.73. The van der Waals surface area contributed by atoms with Crippen LogP contribution in [0.15, 0.2) is 18.2 Å². The lowest BCUT2D eigenvalue weighted by Crippen LogP contribution is -2.56. The molecule has 1 aromatic carbocycles. The number of hydrogen-bond acceptors (Lipinski definition) is 2. The highest BCUT2D eigenvalue weighted by Crippen LogP contribution is 2.46. The van der Waals surface area contributed by atoms with E-state index in [1.165, 1.54) is 11.1 Å². The number of carboxylic acid groups (broad SMARTS) is 1. The minimum atomic E-state index is -0.714. The van der Waals surface area contributed by atoms with Gasteiger partial charge in [0.2, 0.25) is 0 Å². The van der Waals surface area contributed by atoms with E-state index in [1.807, 2.05) is 6.92 Å². The lowest BCUT2D eigenvalue weighted by molar-refractivity contribution is -0.139. The Bertz CT molecular complexity index is 536. The molecule has 0 fully saturated rings. The van der Waals surface area contributed by atoms with E-state index in [9.17, 15) is 9.90 Å². The maximum Gasteiger partial charge on any atom is 0.326 e. The summed E-state index contributed by atoms with van der Waals surface area (Å²) in [6.45, 7) is 10.7. The number of para-hydroxylation sites is 1. The molecule has 1 aliphatic rings. The molecule has 116 valence electrons. The second-order valence-corrected chi connectivity index (χ2v) is 6.94. The number of hydrogen-bond donors (Lipinski definition) is 1. The first-order valence-corrected chi connectivity index (χ1v) is 7.91. The minimum Gasteiger partial charge on any atom is -0.480 e. The zero-order valence-electron chi connectivity index (χ0n) is 13.8. The van der Waals surface area contributed by atoms with Gasteiger partial charge in [-0.1, -0.05) is 38.5 Å². The number of aliphatic carboxylic acids is 1. The number of aryl methyl sites for hydroxylation is 1. The molecule has 0 saturated carbocycles. The molecule has 3 heteroatoms. The summed E-state index contributed by atoms with van der Waals surface area (Å²) in [7, 11) is 0. The van der Waals surface area contributed by atoms with E-state index < -0.39 is 12.0 Å². The third-order valence-electron chi connectivity index (χ3n) is 4.66. The van der Waals surface area contributed by atoms with Gasteiger partial charge >= 0.3 is 5.97 Å². The highest BCUT2D eigenvalue weighted by Gasteiger charge is 2.42. The van der Waals surface area contributed by atoms with E-state index >= 15 is 0 Å². The Kier molecular flexibility index (Phi) is 4.31. The zero-order valence-corrected chi connectivity index (χ0v) is 13.8. The van der Waals surface area contributed by atoms with E-state index in [0.29, 0.717) is 12.3 Å². The Morgan fingerprint density at radius 1 is 1.48 bits per heavy atom. The Morgan fingerprint density at radius 2 is 2.14 bits per heavy atom. The average molecular weight is 289 g/mol. The molecule has 0 unspecified atom stereocenters. The molecule has 0 aromatic heterocycles. The summed E-state index contributed by atoms with van der Waals surface area (Å²) >= 11 is 0. The van der Waals surface area contributed by atoms with Crippen LogP contribution < -0.4 is 4.90 Å². The first kappa shape index (κ1) is 15.9. The lowest BCUT2D eigenvalue weighted by atomic mass is 9.78. The molecule has 2 rings (SSSR count). The van der Waals surface area contributed by atoms with Crippen LogP contribution in [0.5, 0.6) is 0 Å². The highest BCUT2D eigenvalue weighted by molar-refractivity contribution is 5.81. The molecule has 0 bridgehead atoms. The van der Waals surface area contributed by atoms with Gasteiger partial charge in [0.05, 0.1) is 0 Å².